The van der Waals surface area contributed by atoms with Crippen molar-refractivity contribution >= 4 is 9.24 Å². The molecule has 1 unspecified atom stereocenters. The average molecular weight is 477 g/mol. The number of ether oxygens (including phenoxy) is 1. The van der Waals surface area contributed by atoms with Crippen molar-refractivity contribution < 1.29 is 13.5 Å². The zero-order valence-corrected chi connectivity index (χ0v) is 20.1. The predicted octanol–water partition coefficient (Wildman–Crippen LogP) is 6.12. The SMILES string of the molecule is Cn1c(-c2ccc(OC(F)(F)P)cc2)nc2c1CN(Cc1ccccc1-c1ccccc1)CC2. The number of halogens is 2. The van der Waals surface area contributed by atoms with Crippen molar-refractivity contribution in [2.24, 2.45) is 7.05 Å². The first kappa shape index (κ1) is 22.7. The van der Waals surface area contributed by atoms with Gasteiger partial charge < -0.3 is 9.30 Å². The van der Waals surface area contributed by atoms with Crippen molar-refractivity contribution in [1.29, 1.82) is 0 Å². The molecular formula is C27H26F2N3OP. The molecule has 4 nitrogen and oxygen atoms in total. The second kappa shape index (κ2) is 9.28. The Labute approximate surface area is 200 Å². The lowest BCUT2D eigenvalue weighted by atomic mass is 9.99. The number of nitrogens with zero attached hydrogens (tertiary/aromatic N) is 3. The van der Waals surface area contributed by atoms with Crippen LogP contribution in [0.4, 0.5) is 8.78 Å². The minimum atomic E-state index is -3.29. The molecule has 4 aromatic rings. The van der Waals surface area contributed by atoms with Crippen molar-refractivity contribution in [2.75, 3.05) is 6.54 Å². The van der Waals surface area contributed by atoms with Gasteiger partial charge in [0.1, 0.15) is 11.6 Å². The molecule has 34 heavy (non-hydrogen) atoms. The highest BCUT2D eigenvalue weighted by Gasteiger charge is 2.25. The van der Waals surface area contributed by atoms with Gasteiger partial charge in [-0.25, -0.2) is 4.98 Å². The van der Waals surface area contributed by atoms with Crippen molar-refractivity contribution in [3.8, 4) is 28.3 Å². The topological polar surface area (TPSA) is 30.3 Å². The van der Waals surface area contributed by atoms with E-state index in [0.29, 0.717) is 0 Å². The van der Waals surface area contributed by atoms with Gasteiger partial charge in [0.25, 0.3) is 0 Å². The summed E-state index contributed by atoms with van der Waals surface area (Å²) in [6.07, 6.45) is 0.872. The Morgan fingerprint density at radius 1 is 0.941 bits per heavy atom. The highest BCUT2D eigenvalue weighted by atomic mass is 31.0. The number of rotatable bonds is 6. The molecule has 1 aliphatic rings. The maximum atomic E-state index is 13.1. The van der Waals surface area contributed by atoms with Crippen LogP contribution in [0.25, 0.3) is 22.5 Å². The van der Waals surface area contributed by atoms with Crippen LogP contribution in [0.5, 0.6) is 5.75 Å². The van der Waals surface area contributed by atoms with E-state index in [-0.39, 0.29) is 5.75 Å². The third-order valence-electron chi connectivity index (χ3n) is 6.20. The van der Waals surface area contributed by atoms with Gasteiger partial charge >= 0.3 is 5.85 Å². The third-order valence-corrected chi connectivity index (χ3v) is 6.32. The van der Waals surface area contributed by atoms with Gasteiger partial charge in [-0.05, 0) is 50.2 Å². The number of hydrogen-bond donors (Lipinski definition) is 0. The lowest BCUT2D eigenvalue weighted by Gasteiger charge is -2.28. The van der Waals surface area contributed by atoms with E-state index in [0.717, 1.165) is 43.1 Å². The summed E-state index contributed by atoms with van der Waals surface area (Å²) in [6, 6.07) is 25.7. The molecule has 1 atom stereocenters. The molecule has 0 N–H and O–H groups in total. The van der Waals surface area contributed by atoms with E-state index in [9.17, 15) is 8.78 Å². The predicted molar refractivity (Wildman–Crippen MR) is 134 cm³/mol. The monoisotopic (exact) mass is 477 g/mol. The summed E-state index contributed by atoms with van der Waals surface area (Å²) in [5.41, 5.74) is 6.96. The van der Waals surface area contributed by atoms with Crippen LogP contribution in [0.15, 0.2) is 78.9 Å². The van der Waals surface area contributed by atoms with Gasteiger partial charge in [-0.15, -0.1) is 0 Å². The minimum absolute atomic E-state index is 0.117. The van der Waals surface area contributed by atoms with Gasteiger partial charge in [-0.1, -0.05) is 54.6 Å². The molecule has 3 aromatic carbocycles. The van der Waals surface area contributed by atoms with Gasteiger partial charge in [-0.2, -0.15) is 8.78 Å². The number of benzene rings is 3. The summed E-state index contributed by atoms with van der Waals surface area (Å²) in [7, 11) is 3.40. The lowest BCUT2D eigenvalue weighted by Crippen LogP contribution is -2.31. The lowest BCUT2D eigenvalue weighted by molar-refractivity contribution is -0.0892. The van der Waals surface area contributed by atoms with Crippen LogP contribution in [0, 0.1) is 0 Å². The summed E-state index contributed by atoms with van der Waals surface area (Å²) in [5, 5.41) is 0. The molecule has 2 heterocycles. The Kier molecular flexibility index (Phi) is 6.20. The number of alkyl halides is 2. The molecule has 5 rings (SSSR count). The zero-order chi connectivity index (χ0) is 23.7. The molecule has 0 amide bonds. The summed E-state index contributed by atoms with van der Waals surface area (Å²) in [6.45, 7) is 2.60. The summed E-state index contributed by atoms with van der Waals surface area (Å²) < 4.78 is 32.9. The Bertz CT molecular complexity index is 1280. The Balaban J connectivity index is 1.35. The van der Waals surface area contributed by atoms with Gasteiger partial charge in [0, 0.05) is 38.7 Å². The molecule has 7 heteroatoms. The molecule has 0 aliphatic carbocycles. The van der Waals surface area contributed by atoms with E-state index in [1.165, 1.54) is 31.6 Å². The molecule has 1 aromatic heterocycles. The summed E-state index contributed by atoms with van der Waals surface area (Å²) >= 11 is 0. The molecule has 0 saturated heterocycles. The van der Waals surface area contributed by atoms with E-state index in [1.54, 1.807) is 24.3 Å². The standard InChI is InChI=1S/C27H26F2N3OP/c1-31-25-18-32(17-21-9-5-6-10-23(21)19-7-3-2-4-8-19)16-15-24(25)30-26(31)20-11-13-22(14-12-20)33-27(28,29)34/h2-14H,15-18,34H2,1H3. The second-order valence-electron chi connectivity index (χ2n) is 8.56. The van der Waals surface area contributed by atoms with Crippen LogP contribution in [0.3, 0.4) is 0 Å². The fourth-order valence-corrected chi connectivity index (χ4v) is 4.70. The fraction of sp³-hybridized carbons (Fsp3) is 0.222. The first-order chi connectivity index (χ1) is 16.4. The van der Waals surface area contributed by atoms with Gasteiger partial charge in [-0.3, -0.25) is 4.90 Å². The average Bonchev–Trinajstić information content (AvgIpc) is 3.15. The molecule has 0 bridgehead atoms. The van der Waals surface area contributed by atoms with Crippen LogP contribution in [-0.2, 0) is 26.6 Å². The van der Waals surface area contributed by atoms with Crippen molar-refractivity contribution in [3.63, 3.8) is 0 Å². The third kappa shape index (κ3) is 4.89. The van der Waals surface area contributed by atoms with Crippen molar-refractivity contribution in [2.45, 2.75) is 25.4 Å². The van der Waals surface area contributed by atoms with E-state index >= 15 is 0 Å². The van der Waals surface area contributed by atoms with Gasteiger partial charge in [0.15, 0.2) is 0 Å². The quantitative estimate of drug-likeness (QED) is 0.314. The van der Waals surface area contributed by atoms with Crippen LogP contribution < -0.4 is 4.74 Å². The number of imidazole rings is 1. The summed E-state index contributed by atoms with van der Waals surface area (Å²) in [4.78, 5) is 7.33. The smallest absolute Gasteiger partial charge is 0.408 e. The molecule has 0 fully saturated rings. The maximum Gasteiger partial charge on any atom is 0.408 e. The van der Waals surface area contributed by atoms with Crippen LogP contribution in [-0.4, -0.2) is 26.8 Å². The van der Waals surface area contributed by atoms with Gasteiger partial charge in [0.05, 0.1) is 11.4 Å². The summed E-state index contributed by atoms with van der Waals surface area (Å²) in [5.74, 6) is -2.33. The maximum absolute atomic E-state index is 13.1. The molecular weight excluding hydrogens is 451 g/mol. The minimum Gasteiger partial charge on any atom is -0.430 e. The normalized spacial score (nSPS) is 14.1. The van der Waals surface area contributed by atoms with E-state index < -0.39 is 5.85 Å². The number of aromatic nitrogens is 2. The zero-order valence-electron chi connectivity index (χ0n) is 18.9. The largest absolute Gasteiger partial charge is 0.430 e. The first-order valence-corrected chi connectivity index (χ1v) is 11.8. The Morgan fingerprint density at radius 3 is 2.38 bits per heavy atom. The van der Waals surface area contributed by atoms with Crippen molar-refractivity contribution in [1.82, 2.24) is 14.5 Å². The van der Waals surface area contributed by atoms with E-state index in [2.05, 4.69) is 62.7 Å². The Hall–Kier alpha value is -3.08. The van der Waals surface area contributed by atoms with Crippen molar-refractivity contribution in [3.05, 3.63) is 95.8 Å². The first-order valence-electron chi connectivity index (χ1n) is 11.2. The number of fused-ring (bicyclic) bond motifs is 1. The molecule has 0 spiro atoms. The molecule has 0 saturated carbocycles. The number of hydrogen-bond acceptors (Lipinski definition) is 3. The van der Waals surface area contributed by atoms with Gasteiger partial charge in [0.2, 0.25) is 0 Å². The molecule has 174 valence electrons. The molecule has 1 aliphatic heterocycles. The van der Waals surface area contributed by atoms with E-state index in [4.69, 9.17) is 4.98 Å². The second-order valence-corrected chi connectivity index (χ2v) is 9.23. The van der Waals surface area contributed by atoms with Crippen LogP contribution in [0.1, 0.15) is 17.0 Å². The fourth-order valence-electron chi connectivity index (χ4n) is 4.56. The highest BCUT2D eigenvalue weighted by molar-refractivity contribution is 7.17. The van der Waals surface area contributed by atoms with E-state index in [1.807, 2.05) is 13.1 Å². The van der Waals surface area contributed by atoms with Crippen LogP contribution >= 0.6 is 9.24 Å². The Morgan fingerprint density at radius 2 is 1.65 bits per heavy atom. The highest BCUT2D eigenvalue weighted by Crippen LogP contribution is 2.31. The van der Waals surface area contributed by atoms with Crippen LogP contribution in [0.2, 0.25) is 0 Å². The molecule has 0 radical (unpaired) electrons.